The van der Waals surface area contributed by atoms with Gasteiger partial charge in [-0.25, -0.2) is 4.98 Å². The summed E-state index contributed by atoms with van der Waals surface area (Å²) < 4.78 is 5.72. The maximum atomic E-state index is 12.7. The number of thiophene rings is 1. The SMILES string of the molecule is CCCN(Cc1nnc(-c2cccs2)o1)C(=O)/C=C/c1ccc2ccccc2n1. The molecule has 0 fully saturated rings. The molecule has 4 aromatic rings. The molecule has 146 valence electrons. The molecule has 1 aromatic carbocycles. The number of nitrogens with zero attached hydrogens (tertiary/aromatic N) is 4. The summed E-state index contributed by atoms with van der Waals surface area (Å²) in [5.74, 6) is 0.792. The van der Waals surface area contributed by atoms with E-state index in [-0.39, 0.29) is 12.5 Å². The molecule has 29 heavy (non-hydrogen) atoms. The van der Waals surface area contributed by atoms with E-state index in [1.165, 1.54) is 11.3 Å². The minimum absolute atomic E-state index is 0.113. The molecule has 1 amide bonds. The van der Waals surface area contributed by atoms with Gasteiger partial charge in [-0.2, -0.15) is 0 Å². The van der Waals surface area contributed by atoms with Crippen molar-refractivity contribution in [1.29, 1.82) is 0 Å². The fourth-order valence-corrected chi connectivity index (χ4v) is 3.60. The van der Waals surface area contributed by atoms with Crippen LogP contribution in [0.25, 0.3) is 27.7 Å². The van der Waals surface area contributed by atoms with Crippen LogP contribution < -0.4 is 0 Å². The Morgan fingerprint density at radius 1 is 1.14 bits per heavy atom. The van der Waals surface area contributed by atoms with Gasteiger partial charge in [0.15, 0.2) is 0 Å². The first-order valence-corrected chi connectivity index (χ1v) is 10.3. The summed E-state index contributed by atoms with van der Waals surface area (Å²) in [5, 5.41) is 11.2. The molecule has 0 spiro atoms. The Kier molecular flexibility index (Phi) is 5.76. The summed E-state index contributed by atoms with van der Waals surface area (Å²) in [6.07, 6.45) is 4.12. The van der Waals surface area contributed by atoms with Crippen LogP contribution in [0.4, 0.5) is 0 Å². The zero-order valence-corrected chi connectivity index (χ0v) is 16.8. The smallest absolute Gasteiger partial charge is 0.257 e. The molecule has 0 aliphatic heterocycles. The average Bonchev–Trinajstić information content (AvgIpc) is 3.43. The van der Waals surface area contributed by atoms with E-state index in [0.717, 1.165) is 27.9 Å². The lowest BCUT2D eigenvalue weighted by Crippen LogP contribution is -2.29. The Balaban J connectivity index is 1.47. The highest BCUT2D eigenvalue weighted by atomic mass is 32.1. The van der Waals surface area contributed by atoms with Crippen LogP contribution >= 0.6 is 11.3 Å². The predicted molar refractivity (Wildman–Crippen MR) is 114 cm³/mol. The van der Waals surface area contributed by atoms with E-state index in [2.05, 4.69) is 15.2 Å². The van der Waals surface area contributed by atoms with E-state index in [1.54, 1.807) is 17.1 Å². The van der Waals surface area contributed by atoms with Crippen molar-refractivity contribution in [2.45, 2.75) is 19.9 Å². The van der Waals surface area contributed by atoms with Crippen LogP contribution in [0.2, 0.25) is 0 Å². The van der Waals surface area contributed by atoms with Gasteiger partial charge in [0.05, 0.1) is 22.6 Å². The Morgan fingerprint density at radius 2 is 2.03 bits per heavy atom. The molecule has 4 rings (SSSR count). The summed E-state index contributed by atoms with van der Waals surface area (Å²) in [5.41, 5.74) is 1.64. The Hall–Kier alpha value is -3.32. The number of pyridine rings is 1. The predicted octanol–water partition coefficient (Wildman–Crippen LogP) is 4.80. The van der Waals surface area contributed by atoms with Crippen LogP contribution in [0.5, 0.6) is 0 Å². The van der Waals surface area contributed by atoms with E-state index in [9.17, 15) is 4.79 Å². The van der Waals surface area contributed by atoms with E-state index in [0.29, 0.717) is 18.3 Å². The van der Waals surface area contributed by atoms with E-state index < -0.39 is 0 Å². The average molecular weight is 404 g/mol. The quantitative estimate of drug-likeness (QED) is 0.414. The highest BCUT2D eigenvalue weighted by molar-refractivity contribution is 7.13. The van der Waals surface area contributed by atoms with Crippen LogP contribution in [-0.2, 0) is 11.3 Å². The van der Waals surface area contributed by atoms with E-state index in [1.807, 2.05) is 60.8 Å². The van der Waals surface area contributed by atoms with Crippen LogP contribution in [-0.4, -0.2) is 32.5 Å². The van der Waals surface area contributed by atoms with Crippen molar-refractivity contribution >= 4 is 34.2 Å². The highest BCUT2D eigenvalue weighted by Crippen LogP contribution is 2.23. The van der Waals surface area contributed by atoms with Crippen LogP contribution in [0, 0.1) is 0 Å². The van der Waals surface area contributed by atoms with Crippen LogP contribution in [0.15, 0.2) is 64.4 Å². The number of aromatic nitrogens is 3. The van der Waals surface area contributed by atoms with E-state index in [4.69, 9.17) is 4.42 Å². The molecule has 0 aliphatic rings. The van der Waals surface area contributed by atoms with Gasteiger partial charge in [-0.3, -0.25) is 4.79 Å². The second-order valence-corrected chi connectivity index (χ2v) is 7.45. The largest absolute Gasteiger partial charge is 0.418 e. The van der Waals surface area contributed by atoms with Gasteiger partial charge in [-0.1, -0.05) is 37.3 Å². The molecule has 3 heterocycles. The molecule has 0 saturated carbocycles. The molecule has 0 atom stereocenters. The number of para-hydroxylation sites is 1. The number of hydrogen-bond donors (Lipinski definition) is 0. The van der Waals surface area contributed by atoms with Crippen molar-refractivity contribution in [2.75, 3.05) is 6.54 Å². The van der Waals surface area contributed by atoms with Gasteiger partial charge in [0.2, 0.25) is 11.8 Å². The van der Waals surface area contributed by atoms with Gasteiger partial charge >= 0.3 is 0 Å². The van der Waals surface area contributed by atoms with Crippen molar-refractivity contribution in [1.82, 2.24) is 20.1 Å². The van der Waals surface area contributed by atoms with Gasteiger partial charge < -0.3 is 9.32 Å². The molecule has 3 aromatic heterocycles. The van der Waals surface area contributed by atoms with Gasteiger partial charge in [0.1, 0.15) is 0 Å². The summed E-state index contributed by atoms with van der Waals surface area (Å²) in [6, 6.07) is 15.7. The molecule has 0 saturated heterocycles. The maximum absolute atomic E-state index is 12.7. The Labute approximate surface area is 172 Å². The zero-order chi connectivity index (χ0) is 20.1. The first-order chi connectivity index (χ1) is 14.2. The first-order valence-electron chi connectivity index (χ1n) is 9.42. The monoisotopic (exact) mass is 404 g/mol. The summed E-state index contributed by atoms with van der Waals surface area (Å²) >= 11 is 1.54. The van der Waals surface area contributed by atoms with Crippen molar-refractivity contribution < 1.29 is 9.21 Å². The van der Waals surface area contributed by atoms with Crippen LogP contribution in [0.1, 0.15) is 24.9 Å². The molecule has 6 nitrogen and oxygen atoms in total. The molecular formula is C22H20N4O2S. The van der Waals surface area contributed by atoms with Crippen LogP contribution in [0.3, 0.4) is 0 Å². The fraction of sp³-hybridized carbons (Fsp3) is 0.182. The Morgan fingerprint density at radius 3 is 2.86 bits per heavy atom. The van der Waals surface area contributed by atoms with Gasteiger partial charge in [0.25, 0.3) is 5.89 Å². The second-order valence-electron chi connectivity index (χ2n) is 6.50. The molecule has 7 heteroatoms. The topological polar surface area (TPSA) is 72.1 Å². The highest BCUT2D eigenvalue weighted by Gasteiger charge is 2.16. The number of fused-ring (bicyclic) bond motifs is 1. The molecule has 0 unspecified atom stereocenters. The van der Waals surface area contributed by atoms with Crippen molar-refractivity contribution in [3.63, 3.8) is 0 Å². The molecule has 0 N–H and O–H groups in total. The number of hydrogen-bond acceptors (Lipinski definition) is 6. The van der Waals surface area contributed by atoms with Crippen molar-refractivity contribution in [2.24, 2.45) is 0 Å². The molecular weight excluding hydrogens is 384 g/mol. The van der Waals surface area contributed by atoms with Crippen molar-refractivity contribution in [3.8, 4) is 10.8 Å². The fourth-order valence-electron chi connectivity index (χ4n) is 2.95. The molecule has 0 aliphatic carbocycles. The normalized spacial score (nSPS) is 11.3. The zero-order valence-electron chi connectivity index (χ0n) is 16.0. The van der Waals surface area contributed by atoms with Gasteiger partial charge in [0, 0.05) is 18.0 Å². The lowest BCUT2D eigenvalue weighted by Gasteiger charge is -2.18. The molecule has 0 radical (unpaired) electrons. The summed E-state index contributed by atoms with van der Waals surface area (Å²) in [6.45, 7) is 2.91. The minimum atomic E-state index is -0.113. The minimum Gasteiger partial charge on any atom is -0.418 e. The van der Waals surface area contributed by atoms with Gasteiger partial charge in [-0.05, 0) is 36.1 Å². The second kappa shape index (κ2) is 8.79. The standard InChI is InChI=1S/C22H20N4O2S/c1-2-13-26(15-20-24-25-22(28-20)19-8-5-14-29-19)21(27)12-11-17-10-9-16-6-3-4-7-18(16)23-17/h3-12,14H,2,13,15H2,1H3/b12-11+. The number of carbonyl (C=O) groups is 1. The number of rotatable bonds is 7. The molecule has 0 bridgehead atoms. The lowest BCUT2D eigenvalue weighted by molar-refractivity contribution is -0.126. The summed E-state index contributed by atoms with van der Waals surface area (Å²) in [7, 11) is 0. The van der Waals surface area contributed by atoms with E-state index >= 15 is 0 Å². The maximum Gasteiger partial charge on any atom is 0.257 e. The van der Waals surface area contributed by atoms with Gasteiger partial charge in [-0.15, -0.1) is 21.5 Å². The lowest BCUT2D eigenvalue weighted by atomic mass is 10.2. The third kappa shape index (κ3) is 4.57. The number of amides is 1. The number of benzene rings is 1. The number of carbonyl (C=O) groups excluding carboxylic acids is 1. The Bertz CT molecular complexity index is 1130. The van der Waals surface area contributed by atoms with Crippen molar-refractivity contribution in [3.05, 3.63) is 71.6 Å². The third-order valence-corrected chi connectivity index (χ3v) is 5.20. The third-order valence-electron chi connectivity index (χ3n) is 4.35. The first kappa shape index (κ1) is 19.0. The summed E-state index contributed by atoms with van der Waals surface area (Å²) in [4.78, 5) is 19.9.